The zero-order valence-corrected chi connectivity index (χ0v) is 25.5. The van der Waals surface area contributed by atoms with E-state index in [2.05, 4.69) is 136 Å². The summed E-state index contributed by atoms with van der Waals surface area (Å²) < 4.78 is 2.21. The summed E-state index contributed by atoms with van der Waals surface area (Å²) in [7, 11) is 0. The van der Waals surface area contributed by atoms with Crippen LogP contribution >= 0.6 is 0 Å². The van der Waals surface area contributed by atoms with Crippen LogP contribution in [0.4, 0.5) is 0 Å². The van der Waals surface area contributed by atoms with Gasteiger partial charge in [0.2, 0.25) is 0 Å². The molecule has 0 bridgehead atoms. The molecule has 0 heterocycles. The number of rotatable bonds is 1. The molecular formula is C32H34Cl2Zr-2. The topological polar surface area (TPSA) is 0 Å². The molecule has 0 spiro atoms. The van der Waals surface area contributed by atoms with Crippen LogP contribution < -0.4 is 24.8 Å². The third kappa shape index (κ3) is 8.75. The first-order valence-electron chi connectivity index (χ1n) is 11.6. The van der Waals surface area contributed by atoms with Crippen molar-refractivity contribution in [2.24, 2.45) is 5.92 Å². The van der Waals surface area contributed by atoms with Crippen LogP contribution in [0.15, 0.2) is 96.1 Å². The predicted molar refractivity (Wildman–Crippen MR) is 143 cm³/mol. The minimum absolute atomic E-state index is 0. The molecule has 1 atom stereocenters. The molecule has 0 radical (unpaired) electrons. The minimum Gasteiger partial charge on any atom is -1.00 e. The normalized spacial score (nSPS) is 14.3. The molecule has 1 aliphatic carbocycles. The van der Waals surface area contributed by atoms with Gasteiger partial charge in [0.25, 0.3) is 0 Å². The van der Waals surface area contributed by atoms with Crippen molar-refractivity contribution in [3.63, 3.8) is 0 Å². The first-order valence-corrected chi connectivity index (χ1v) is 13.0. The molecule has 4 aromatic carbocycles. The summed E-state index contributed by atoms with van der Waals surface area (Å²) in [5, 5.41) is 5.39. The number of fused-ring (bicyclic) bond motifs is 3. The molecule has 4 aromatic rings. The Balaban J connectivity index is 0.000000262. The monoisotopic (exact) mass is 578 g/mol. The van der Waals surface area contributed by atoms with Crippen LogP contribution in [0.2, 0.25) is 0 Å². The zero-order chi connectivity index (χ0) is 24.0. The van der Waals surface area contributed by atoms with Gasteiger partial charge in [0.15, 0.2) is 0 Å². The average molecular weight is 581 g/mol. The van der Waals surface area contributed by atoms with Gasteiger partial charge in [0, 0.05) is 0 Å². The van der Waals surface area contributed by atoms with Gasteiger partial charge in [0.05, 0.1) is 0 Å². The summed E-state index contributed by atoms with van der Waals surface area (Å²) >= 11 is 1.46. The maximum atomic E-state index is 3.29. The van der Waals surface area contributed by atoms with Crippen LogP contribution in [0.1, 0.15) is 52.7 Å². The number of hydrogen-bond acceptors (Lipinski definition) is 0. The number of benzene rings is 3. The van der Waals surface area contributed by atoms with Gasteiger partial charge < -0.3 is 24.8 Å². The molecule has 0 aliphatic heterocycles. The van der Waals surface area contributed by atoms with Gasteiger partial charge >= 0.3 is 89.5 Å². The summed E-state index contributed by atoms with van der Waals surface area (Å²) in [6, 6.07) is 28.1. The fraction of sp³-hybridized carbons (Fsp3) is 0.250. The number of hydrogen-bond donors (Lipinski definition) is 0. The standard InChI is InChI=1S/C13H9.C11H14.C8H11.2ClH.Zr/c1-3-7-12-10(5-1)9-11-6-2-4-8-13(11)12;1-9-5-7-10(8-6-9)11(2,3)4;1-6-4-7(2)8(3)5-6;;;/h1-9H;1,5-8H,2-4H3;4,6H,1-3H3;2*1H;/q-1;;-1;;;+2/p-2. The van der Waals surface area contributed by atoms with Gasteiger partial charge in [-0.15, -0.1) is 46.7 Å². The molecule has 0 aromatic heterocycles. The van der Waals surface area contributed by atoms with Crippen molar-refractivity contribution in [2.75, 3.05) is 0 Å². The van der Waals surface area contributed by atoms with Crippen LogP contribution in [0.25, 0.3) is 21.5 Å². The molecule has 0 nitrogen and oxygen atoms in total. The Morgan fingerprint density at radius 3 is 1.63 bits per heavy atom. The van der Waals surface area contributed by atoms with Gasteiger partial charge in [0.1, 0.15) is 0 Å². The van der Waals surface area contributed by atoms with Gasteiger partial charge in [-0.2, -0.15) is 6.08 Å². The van der Waals surface area contributed by atoms with E-state index < -0.39 is 0 Å². The molecular weight excluding hydrogens is 546 g/mol. The smallest absolute Gasteiger partial charge is 0.0733 e. The van der Waals surface area contributed by atoms with E-state index in [4.69, 9.17) is 0 Å². The van der Waals surface area contributed by atoms with E-state index in [1.54, 1.807) is 0 Å². The molecule has 0 amide bonds. The third-order valence-corrected chi connectivity index (χ3v) is 6.82. The quantitative estimate of drug-likeness (QED) is 0.304. The molecule has 3 heteroatoms. The molecule has 0 fully saturated rings. The van der Waals surface area contributed by atoms with E-state index in [1.165, 1.54) is 68.1 Å². The van der Waals surface area contributed by atoms with Gasteiger partial charge in [-0.05, 0) is 0 Å². The number of allylic oxidation sites excluding steroid dienone is 4. The van der Waals surface area contributed by atoms with E-state index in [-0.39, 0.29) is 30.2 Å². The Hall–Kier alpha value is -1.66. The molecule has 35 heavy (non-hydrogen) atoms. The molecule has 0 saturated carbocycles. The Bertz CT molecular complexity index is 1220. The Kier molecular flexibility index (Phi) is 12.7. The summed E-state index contributed by atoms with van der Waals surface area (Å²) in [5.74, 6) is 0.551. The summed E-state index contributed by atoms with van der Waals surface area (Å²) in [6.07, 6.45) is 5.52. The third-order valence-electron chi connectivity index (χ3n) is 6.00. The van der Waals surface area contributed by atoms with Crippen molar-refractivity contribution >= 4 is 25.3 Å². The molecule has 1 unspecified atom stereocenters. The summed E-state index contributed by atoms with van der Waals surface area (Å²) in [4.78, 5) is 0. The Labute approximate surface area is 239 Å². The fourth-order valence-electron chi connectivity index (χ4n) is 3.98. The van der Waals surface area contributed by atoms with Crippen molar-refractivity contribution in [1.29, 1.82) is 0 Å². The minimum atomic E-state index is 0. The predicted octanol–water partition coefficient (Wildman–Crippen LogP) is 2.73. The Morgan fingerprint density at radius 1 is 0.800 bits per heavy atom. The average Bonchev–Trinajstić information content (AvgIpc) is 3.32. The Morgan fingerprint density at radius 2 is 1.29 bits per heavy atom. The second kappa shape index (κ2) is 14.2. The van der Waals surface area contributed by atoms with Crippen molar-refractivity contribution in [1.82, 2.24) is 0 Å². The van der Waals surface area contributed by atoms with Crippen LogP contribution in [0.3, 0.4) is 0 Å². The largest absolute Gasteiger partial charge is 1.00 e. The molecule has 5 rings (SSSR count). The van der Waals surface area contributed by atoms with Crippen molar-refractivity contribution in [3.8, 4) is 0 Å². The SMILES string of the molecule is CC(C)(C)c1ccc([CH]=[Zr+2])cc1.CC1=[C-]C(C)C=C1C.[Cl-].[Cl-].c1ccc2c(c1)[cH-]c1ccccc12. The fourth-order valence-corrected chi connectivity index (χ4v) is 4.45. The van der Waals surface area contributed by atoms with Crippen molar-refractivity contribution < 1.29 is 49.0 Å². The van der Waals surface area contributed by atoms with Crippen LogP contribution in [0, 0.1) is 12.0 Å². The van der Waals surface area contributed by atoms with Crippen molar-refractivity contribution in [3.05, 3.63) is 113 Å². The first kappa shape index (κ1) is 31.4. The van der Waals surface area contributed by atoms with E-state index in [9.17, 15) is 0 Å². The zero-order valence-electron chi connectivity index (χ0n) is 21.5. The summed E-state index contributed by atoms with van der Waals surface area (Å²) in [6.45, 7) is 13.1. The maximum absolute atomic E-state index is 3.29. The second-order valence-corrected chi connectivity index (χ2v) is 10.5. The van der Waals surface area contributed by atoms with Crippen LogP contribution in [0.5, 0.6) is 0 Å². The second-order valence-electron chi connectivity index (χ2n) is 9.74. The van der Waals surface area contributed by atoms with Gasteiger partial charge in [-0.1, -0.05) is 56.2 Å². The van der Waals surface area contributed by atoms with Gasteiger partial charge in [-0.3, -0.25) is 6.08 Å². The van der Waals surface area contributed by atoms with Crippen LogP contribution in [-0.2, 0) is 29.7 Å². The summed E-state index contributed by atoms with van der Waals surface area (Å²) in [5.41, 5.74) is 5.72. The molecule has 0 N–H and O–H groups in total. The maximum Gasteiger partial charge on any atom is -0.0733 e. The van der Waals surface area contributed by atoms with Crippen molar-refractivity contribution in [2.45, 2.75) is 47.0 Å². The van der Waals surface area contributed by atoms with E-state index in [0.29, 0.717) is 5.92 Å². The van der Waals surface area contributed by atoms with E-state index >= 15 is 0 Å². The van der Waals surface area contributed by atoms with E-state index in [0.717, 1.165) is 0 Å². The molecule has 1 aliphatic rings. The van der Waals surface area contributed by atoms with Gasteiger partial charge in [-0.25, -0.2) is 11.1 Å². The van der Waals surface area contributed by atoms with E-state index in [1.807, 2.05) is 0 Å². The first-order chi connectivity index (χ1) is 15.7. The number of halogens is 2. The molecule has 182 valence electrons. The molecule has 0 saturated heterocycles. The van der Waals surface area contributed by atoms with Crippen LogP contribution in [-0.4, -0.2) is 3.71 Å².